The molecule has 3 heterocycles. The van der Waals surface area contributed by atoms with Crippen LogP contribution in [0.1, 0.15) is 254 Å². The van der Waals surface area contributed by atoms with Gasteiger partial charge in [0.1, 0.15) is 34.1 Å². The number of ether oxygens (including phenoxy) is 1. The van der Waals surface area contributed by atoms with E-state index < -0.39 is 25.8 Å². The average molecular weight is 1480 g/mol. The molecule has 0 radical (unpaired) electrons. The number of nitrogens with zero attached hydrogens (tertiary/aromatic N) is 12. The second-order valence-electron chi connectivity index (χ2n) is 34.4. The third-order valence-corrected chi connectivity index (χ3v) is 16.6. The van der Waals surface area contributed by atoms with Crippen molar-refractivity contribution in [2.24, 2.45) is 38.9 Å². The number of hydrogen-bond donors (Lipinski definition) is 6. The van der Waals surface area contributed by atoms with Crippen LogP contribution < -0.4 is 53.2 Å². The summed E-state index contributed by atoms with van der Waals surface area (Å²) in [6, 6.07) is 0. The first-order valence-corrected chi connectivity index (χ1v) is 38.6. The van der Waals surface area contributed by atoms with Gasteiger partial charge in [0.2, 0.25) is 10.0 Å². The zero-order valence-electron chi connectivity index (χ0n) is 69.2. The van der Waals surface area contributed by atoms with Crippen LogP contribution in [0.25, 0.3) is 0 Å². The molecule has 0 fully saturated rings. The Balaban J connectivity index is 0. The number of nitro groups is 1. The Morgan fingerprint density at radius 2 is 1.01 bits per heavy atom. The molecular formula is C75H143N17O10S. The topological polar surface area (TPSA) is 334 Å². The Morgan fingerprint density at radius 1 is 0.592 bits per heavy atom. The minimum absolute atomic E-state index is 0.0285. The molecule has 5 rings (SSSR count). The number of aliphatic hydroxyl groups is 1. The molecule has 0 spiro atoms. The van der Waals surface area contributed by atoms with Gasteiger partial charge in [0.15, 0.2) is 5.82 Å². The molecule has 0 saturated heterocycles. The zero-order valence-corrected chi connectivity index (χ0v) is 70.0. The molecule has 27 nitrogen and oxygen atoms in total. The Labute approximate surface area is 620 Å². The molecule has 5 aromatic rings. The van der Waals surface area contributed by atoms with E-state index in [9.17, 15) is 37.7 Å². The largest absolute Gasteiger partial charge is 0.390 e. The maximum Gasteiger partial charge on any atom is 0.274 e. The highest BCUT2D eigenvalue weighted by Gasteiger charge is 2.23. The number of anilines is 4. The van der Waals surface area contributed by atoms with Gasteiger partial charge >= 0.3 is 0 Å². The number of aromatic nitrogens is 9. The van der Waals surface area contributed by atoms with Crippen molar-refractivity contribution in [3.63, 3.8) is 0 Å². The van der Waals surface area contributed by atoms with Gasteiger partial charge in [0.05, 0.1) is 48.6 Å². The summed E-state index contributed by atoms with van der Waals surface area (Å²) in [7, 11) is 5.51. The van der Waals surface area contributed by atoms with Crippen LogP contribution in [0.5, 0.6) is 0 Å². The van der Waals surface area contributed by atoms with Crippen LogP contribution >= 0.6 is 0 Å². The monoisotopic (exact) mass is 1470 g/mol. The van der Waals surface area contributed by atoms with E-state index in [-0.39, 0.29) is 23.1 Å². The number of rotatable bonds is 34. The first-order chi connectivity index (χ1) is 47.2. The molecule has 0 aliphatic rings. The van der Waals surface area contributed by atoms with E-state index in [1.54, 1.807) is 57.2 Å². The van der Waals surface area contributed by atoms with Gasteiger partial charge in [-0.2, -0.15) is 0 Å². The van der Waals surface area contributed by atoms with Crippen LogP contribution in [0, 0.1) is 49.0 Å². The average Bonchev–Trinajstić information content (AvgIpc) is 1.33. The lowest BCUT2D eigenvalue weighted by molar-refractivity contribution is -0.404. The van der Waals surface area contributed by atoms with Crippen molar-refractivity contribution < 1.29 is 23.2 Å². The van der Waals surface area contributed by atoms with Gasteiger partial charge in [-0.3, -0.25) is 43.3 Å². The Morgan fingerprint density at radius 3 is 1.39 bits per heavy atom. The van der Waals surface area contributed by atoms with Crippen molar-refractivity contribution in [2.75, 3.05) is 88.5 Å². The van der Waals surface area contributed by atoms with E-state index in [4.69, 9.17) is 9.84 Å². The molecule has 0 aliphatic carbocycles. The maximum atomic E-state index is 11.4. The highest BCUT2D eigenvalue weighted by atomic mass is 32.2. The van der Waals surface area contributed by atoms with Crippen LogP contribution in [-0.4, -0.2) is 141 Å². The molecule has 594 valence electrons. The molecule has 0 amide bonds. The van der Waals surface area contributed by atoms with Crippen LogP contribution in [0.15, 0.2) is 56.0 Å². The molecule has 0 saturated carbocycles. The first kappa shape index (κ1) is 98.4. The Kier molecular flexibility index (Phi) is 46.3. The maximum absolute atomic E-state index is 11.4. The molecule has 6 N–H and O–H groups in total. The predicted octanol–water partition coefficient (Wildman–Crippen LogP) is 12.9. The lowest BCUT2D eigenvalue weighted by Gasteiger charge is -2.21. The molecule has 28 heteroatoms. The van der Waals surface area contributed by atoms with Crippen molar-refractivity contribution in [1.29, 1.82) is 0 Å². The van der Waals surface area contributed by atoms with Crippen LogP contribution in [-0.2, 0) is 47.6 Å². The summed E-state index contributed by atoms with van der Waals surface area (Å²) in [4.78, 5) is 56.4. The standard InChI is InChI=1S/C14H27N3O.C13H22N2O2.C12H20N2O2.C10H19N3O.C9H19N3O2.C9H17N3.C8H19NO2S/c1-13(2,3)8-7-9-17-10-12(15-16-17)11-18-14(4,5)6;1-13(2,3)7-6-8-14-9-10(15(4)5)12(17)11(9)16;1-12(2,3)6-5-7-14-9-8(13-4)10(15)11(9)16;1-10(2,3)5-4-6-13-7-9(8-14)11-12-13;1-8(2)5-4-6-11-9(10-3)7-12(13)14;1-9(2,3)5-4-7-12-8-6-10-11-12;1-8(2)6-5-7-9(3)12(4,10)11/h10H,7-9,11H2,1-6H3;14H,6-8H2,1-5H3;13-14H,5-7H2,1-4H3;7,14H,4-6,8H2,1-3H3;7-8,10-11H,4-6H2,1-3H3;6,8H,4-5,7H2,1-3H3;8H,5-7H2,1-4H3/b;;;;9-7+;;. The molecule has 103 heavy (non-hydrogen) atoms. The molecule has 3 aromatic heterocycles. The summed E-state index contributed by atoms with van der Waals surface area (Å²) < 4.78 is 34.5. The summed E-state index contributed by atoms with van der Waals surface area (Å²) >= 11 is 0. The smallest absolute Gasteiger partial charge is 0.274 e. The number of nitrogens with one attached hydrogen (secondary N) is 5. The highest BCUT2D eigenvalue weighted by Crippen LogP contribution is 2.25. The number of sulfonamides is 1. The second kappa shape index (κ2) is 48.5. The van der Waals surface area contributed by atoms with Gasteiger partial charge in [-0.25, -0.2) is 12.7 Å². The lowest BCUT2D eigenvalue weighted by atomic mass is 9.90. The quantitative estimate of drug-likeness (QED) is 0.00964. The summed E-state index contributed by atoms with van der Waals surface area (Å²) in [5, 5.41) is 57.1. The highest BCUT2D eigenvalue weighted by molar-refractivity contribution is 7.88. The minimum Gasteiger partial charge on any atom is -0.390 e. The van der Waals surface area contributed by atoms with Crippen molar-refractivity contribution >= 4 is 32.8 Å². The van der Waals surface area contributed by atoms with Crippen molar-refractivity contribution in [3.8, 4) is 0 Å². The summed E-state index contributed by atoms with van der Waals surface area (Å²) in [6.07, 6.45) is 24.9. The first-order valence-electron chi connectivity index (χ1n) is 36.8. The number of aliphatic hydroxyl groups excluding tert-OH is 1. The van der Waals surface area contributed by atoms with Gasteiger partial charge in [0.25, 0.3) is 27.9 Å². The van der Waals surface area contributed by atoms with Crippen molar-refractivity contribution in [2.45, 2.75) is 281 Å². The van der Waals surface area contributed by atoms with E-state index in [2.05, 4.69) is 189 Å². The normalized spacial score (nSPS) is 12.1. The second-order valence-corrected chi connectivity index (χ2v) is 36.5. The fourth-order valence-corrected chi connectivity index (χ4v) is 9.81. The lowest BCUT2D eigenvalue weighted by Crippen LogP contribution is -2.40. The fraction of sp³-hybridized carbons (Fsp3) is 0.787. The summed E-state index contributed by atoms with van der Waals surface area (Å²) in [6.45, 7) is 54.3. The van der Waals surface area contributed by atoms with Crippen molar-refractivity contribution in [3.05, 3.63) is 99.2 Å². The van der Waals surface area contributed by atoms with E-state index in [1.165, 1.54) is 36.2 Å². The van der Waals surface area contributed by atoms with Crippen LogP contribution in [0.3, 0.4) is 0 Å². The van der Waals surface area contributed by atoms with Crippen LogP contribution in [0.4, 0.5) is 22.7 Å². The third-order valence-electron chi connectivity index (χ3n) is 15.3. The summed E-state index contributed by atoms with van der Waals surface area (Å²) in [5.41, 5.74) is 3.48. The van der Waals surface area contributed by atoms with Crippen LogP contribution in [0.2, 0.25) is 0 Å². The number of hydrogen-bond acceptors (Lipinski definition) is 22. The number of aryl methyl sites for hydroxylation is 3. The predicted molar refractivity (Wildman–Crippen MR) is 425 cm³/mol. The SMILES string of the molecule is CC(C)(C)CCCn1cc(CO)nn1.CC(C)(C)CCCn1cc(COC(C)(C)C)nn1.CC(C)(C)CCCn1ccnn1.CC(C)CCCN(C)S(C)(=O)=O.CN(C)c1c(NCCCC(C)(C)C)c(=O)c1=O.CN/C(=C\[N+](=O)[O-])NCCCC(C)C.CNc1c(NCCCC(C)(C)C)c(=O)c1=O. The minimum atomic E-state index is -2.97. The van der Waals surface area contributed by atoms with Gasteiger partial charge in [-0.1, -0.05) is 147 Å². The third kappa shape index (κ3) is 52.0. The molecule has 2 aromatic carbocycles. The molecule has 0 unspecified atom stereocenters. The Hall–Kier alpha value is -6.65. The molecule has 0 bridgehead atoms. The molecular weight excluding hydrogens is 1330 g/mol. The van der Waals surface area contributed by atoms with Crippen molar-refractivity contribution in [1.82, 2.24) is 59.9 Å². The van der Waals surface area contributed by atoms with Gasteiger partial charge in [-0.05, 0) is 150 Å². The van der Waals surface area contributed by atoms with E-state index in [0.717, 1.165) is 115 Å². The Bertz CT molecular complexity index is 3350. The van der Waals surface area contributed by atoms with E-state index >= 15 is 0 Å². The van der Waals surface area contributed by atoms with E-state index in [1.807, 2.05) is 42.5 Å². The van der Waals surface area contributed by atoms with E-state index in [0.29, 0.717) is 86.3 Å². The van der Waals surface area contributed by atoms with Gasteiger partial charge in [0, 0.05) is 87.2 Å². The fourth-order valence-electron chi connectivity index (χ4n) is 9.35. The van der Waals surface area contributed by atoms with Gasteiger partial charge < -0.3 is 41.3 Å². The zero-order chi connectivity index (χ0) is 79.8. The van der Waals surface area contributed by atoms with Gasteiger partial charge in [-0.15, -0.1) is 15.3 Å². The summed E-state index contributed by atoms with van der Waals surface area (Å²) in [5.74, 6) is 1.78. The molecule has 0 aliphatic heterocycles. The molecule has 0 atom stereocenters.